The minimum absolute atomic E-state index is 0.274. The van der Waals surface area contributed by atoms with E-state index in [0.717, 1.165) is 10.9 Å². The van der Waals surface area contributed by atoms with Gasteiger partial charge in [-0.1, -0.05) is 18.2 Å². The van der Waals surface area contributed by atoms with Crippen LogP contribution < -0.4 is 5.32 Å². The second-order valence-corrected chi connectivity index (χ2v) is 4.83. The topological polar surface area (TPSA) is 101 Å². The van der Waals surface area contributed by atoms with Crippen molar-refractivity contribution >= 4 is 22.6 Å². The van der Waals surface area contributed by atoms with Gasteiger partial charge in [0, 0.05) is 17.0 Å². The number of amides is 1. The van der Waals surface area contributed by atoms with E-state index in [1.54, 1.807) is 12.1 Å². The molecule has 112 valence electrons. The van der Waals surface area contributed by atoms with Crippen LogP contribution >= 0.6 is 0 Å². The molecule has 0 unspecified atom stereocenters. The Labute approximate surface area is 130 Å². The molecule has 0 bridgehead atoms. The van der Waals surface area contributed by atoms with Crippen LogP contribution in [0.2, 0.25) is 0 Å². The molecule has 1 amide bonds. The lowest BCUT2D eigenvalue weighted by atomic mass is 10.2. The molecule has 0 radical (unpaired) electrons. The van der Waals surface area contributed by atoms with Gasteiger partial charge in [-0.05, 0) is 12.1 Å². The summed E-state index contributed by atoms with van der Waals surface area (Å²) in [6, 6.07) is 11.1. The summed E-state index contributed by atoms with van der Waals surface area (Å²) in [5.41, 5.74) is 1.37. The van der Waals surface area contributed by atoms with Crippen LogP contribution in [0.4, 0.5) is 5.82 Å². The first-order chi connectivity index (χ1) is 11.3. The Morgan fingerprint density at radius 1 is 1.13 bits per heavy atom. The van der Waals surface area contributed by atoms with Crippen molar-refractivity contribution in [3.8, 4) is 5.82 Å². The second-order valence-electron chi connectivity index (χ2n) is 4.83. The first kappa shape index (κ1) is 13.1. The molecular weight excluding hydrogens is 294 g/mol. The molecule has 0 atom stereocenters. The molecule has 0 fully saturated rings. The fraction of sp³-hybridized carbons (Fsp3) is 0. The summed E-state index contributed by atoms with van der Waals surface area (Å²) in [4.78, 5) is 27.4. The molecule has 2 N–H and O–H groups in total. The van der Waals surface area contributed by atoms with Gasteiger partial charge in [-0.15, -0.1) is 0 Å². The van der Waals surface area contributed by atoms with E-state index in [9.17, 15) is 4.79 Å². The highest BCUT2D eigenvalue weighted by molar-refractivity contribution is 6.05. The van der Waals surface area contributed by atoms with E-state index in [2.05, 4.69) is 30.4 Å². The summed E-state index contributed by atoms with van der Waals surface area (Å²) in [5, 5.41) is 7.70. The number of aromatic amines is 1. The number of fused-ring (bicyclic) bond motifs is 1. The van der Waals surface area contributed by atoms with E-state index in [1.165, 1.54) is 23.7 Å². The third-order valence-electron chi connectivity index (χ3n) is 3.32. The molecule has 0 aliphatic heterocycles. The van der Waals surface area contributed by atoms with E-state index in [1.807, 2.05) is 24.3 Å². The predicted octanol–water partition coefficient (Wildman–Crippen LogP) is 1.79. The lowest BCUT2D eigenvalue weighted by Crippen LogP contribution is -2.14. The number of rotatable bonds is 3. The first-order valence-corrected chi connectivity index (χ1v) is 6.86. The molecule has 23 heavy (non-hydrogen) atoms. The molecule has 0 aliphatic rings. The van der Waals surface area contributed by atoms with Crippen molar-refractivity contribution in [2.45, 2.75) is 0 Å². The van der Waals surface area contributed by atoms with Crippen molar-refractivity contribution in [2.75, 3.05) is 5.32 Å². The van der Waals surface area contributed by atoms with Crippen LogP contribution in [0, 0.1) is 0 Å². The maximum Gasteiger partial charge on any atom is 0.273 e. The summed E-state index contributed by atoms with van der Waals surface area (Å²) in [5.74, 6) is 0.628. The van der Waals surface area contributed by atoms with Crippen LogP contribution in [0.3, 0.4) is 0 Å². The molecule has 4 aromatic rings. The van der Waals surface area contributed by atoms with Crippen molar-refractivity contribution in [3.05, 3.63) is 61.1 Å². The quantitative estimate of drug-likeness (QED) is 0.601. The number of anilines is 1. The van der Waals surface area contributed by atoms with Crippen molar-refractivity contribution < 1.29 is 4.79 Å². The van der Waals surface area contributed by atoms with Crippen LogP contribution in [0.5, 0.6) is 0 Å². The molecule has 0 aliphatic carbocycles. The number of hydrogen-bond acceptors (Lipinski definition) is 5. The molecule has 8 heteroatoms. The van der Waals surface area contributed by atoms with Gasteiger partial charge in [0.1, 0.15) is 30.5 Å². The molecule has 3 heterocycles. The minimum Gasteiger partial charge on any atom is -0.351 e. The smallest absolute Gasteiger partial charge is 0.273 e. The number of carbonyl (C=O) groups excluding carboxylic acids is 1. The number of para-hydroxylation sites is 1. The zero-order chi connectivity index (χ0) is 15.6. The van der Waals surface area contributed by atoms with Crippen molar-refractivity contribution in [3.63, 3.8) is 0 Å². The lowest BCUT2D eigenvalue weighted by molar-refractivity contribution is 0.102. The molecule has 8 nitrogen and oxygen atoms in total. The standard InChI is InChI=1S/C15H11N7O/c23-15(12-5-10-3-1-2-4-11(10)20-12)21-13-6-14(18-8-17-13)22-9-16-7-19-22/h1-9,20H,(H,17,18,21,23). The fourth-order valence-electron chi connectivity index (χ4n) is 2.25. The fourth-order valence-corrected chi connectivity index (χ4v) is 2.25. The van der Waals surface area contributed by atoms with Crippen LogP contribution in [-0.2, 0) is 0 Å². The Bertz CT molecular complexity index is 941. The van der Waals surface area contributed by atoms with Gasteiger partial charge >= 0.3 is 0 Å². The Hall–Kier alpha value is -3.55. The van der Waals surface area contributed by atoms with E-state index in [-0.39, 0.29) is 5.91 Å². The molecule has 0 saturated carbocycles. The Balaban J connectivity index is 1.60. The third-order valence-corrected chi connectivity index (χ3v) is 3.32. The zero-order valence-electron chi connectivity index (χ0n) is 11.8. The zero-order valence-corrected chi connectivity index (χ0v) is 11.8. The third kappa shape index (κ3) is 2.53. The number of carbonyl (C=O) groups is 1. The van der Waals surface area contributed by atoms with Gasteiger partial charge in [0.2, 0.25) is 0 Å². The highest BCUT2D eigenvalue weighted by Gasteiger charge is 2.11. The average Bonchev–Trinajstić information content (AvgIpc) is 3.24. The van der Waals surface area contributed by atoms with Gasteiger partial charge < -0.3 is 10.3 Å². The predicted molar refractivity (Wildman–Crippen MR) is 83.2 cm³/mol. The second kappa shape index (κ2) is 5.34. The van der Waals surface area contributed by atoms with Crippen LogP contribution in [-0.4, -0.2) is 35.6 Å². The Morgan fingerprint density at radius 3 is 2.87 bits per heavy atom. The van der Waals surface area contributed by atoms with E-state index < -0.39 is 0 Å². The maximum absolute atomic E-state index is 12.3. The Kier molecular flexibility index (Phi) is 3.05. The number of benzene rings is 1. The average molecular weight is 305 g/mol. The van der Waals surface area contributed by atoms with Crippen LogP contribution in [0.15, 0.2) is 55.4 Å². The Morgan fingerprint density at radius 2 is 2.04 bits per heavy atom. The van der Waals surface area contributed by atoms with E-state index in [4.69, 9.17) is 0 Å². The maximum atomic E-state index is 12.3. The number of aromatic nitrogens is 6. The van der Waals surface area contributed by atoms with Gasteiger partial charge in [0.15, 0.2) is 5.82 Å². The van der Waals surface area contributed by atoms with Gasteiger partial charge in [0.05, 0.1) is 0 Å². The highest BCUT2D eigenvalue weighted by Crippen LogP contribution is 2.16. The summed E-state index contributed by atoms with van der Waals surface area (Å²) >= 11 is 0. The summed E-state index contributed by atoms with van der Waals surface area (Å²) in [6.07, 6.45) is 4.29. The molecule has 0 saturated heterocycles. The normalized spacial score (nSPS) is 10.8. The monoisotopic (exact) mass is 305 g/mol. The largest absolute Gasteiger partial charge is 0.351 e. The van der Waals surface area contributed by atoms with Crippen molar-refractivity contribution in [1.29, 1.82) is 0 Å². The molecule has 0 spiro atoms. The van der Waals surface area contributed by atoms with Crippen LogP contribution in [0.25, 0.3) is 16.7 Å². The summed E-state index contributed by atoms with van der Waals surface area (Å²) in [7, 11) is 0. The summed E-state index contributed by atoms with van der Waals surface area (Å²) < 4.78 is 1.49. The highest BCUT2D eigenvalue weighted by atomic mass is 16.1. The van der Waals surface area contributed by atoms with Crippen molar-refractivity contribution in [2.24, 2.45) is 0 Å². The number of H-pyrrole nitrogens is 1. The van der Waals surface area contributed by atoms with Gasteiger partial charge in [-0.3, -0.25) is 4.79 Å². The molecule has 4 rings (SSSR count). The lowest BCUT2D eigenvalue weighted by Gasteiger charge is -2.04. The van der Waals surface area contributed by atoms with Crippen LogP contribution in [0.1, 0.15) is 10.5 Å². The van der Waals surface area contributed by atoms with Gasteiger partial charge in [-0.25, -0.2) is 19.6 Å². The van der Waals surface area contributed by atoms with Crippen molar-refractivity contribution in [1.82, 2.24) is 29.7 Å². The van der Waals surface area contributed by atoms with E-state index >= 15 is 0 Å². The first-order valence-electron chi connectivity index (χ1n) is 6.86. The number of hydrogen-bond donors (Lipinski definition) is 2. The molecular formula is C15H11N7O. The number of nitrogens with one attached hydrogen (secondary N) is 2. The molecule has 3 aromatic heterocycles. The SMILES string of the molecule is O=C(Nc1cc(-n2cncn2)ncn1)c1cc2ccccc2[nH]1. The minimum atomic E-state index is -0.274. The summed E-state index contributed by atoms with van der Waals surface area (Å²) in [6.45, 7) is 0. The molecule has 1 aromatic carbocycles. The van der Waals surface area contributed by atoms with Gasteiger partial charge in [-0.2, -0.15) is 5.10 Å². The van der Waals surface area contributed by atoms with Gasteiger partial charge in [0.25, 0.3) is 5.91 Å². The van der Waals surface area contributed by atoms with E-state index in [0.29, 0.717) is 17.3 Å². The number of nitrogens with zero attached hydrogens (tertiary/aromatic N) is 5.